The van der Waals surface area contributed by atoms with Gasteiger partial charge in [-0.3, -0.25) is 4.79 Å². The van der Waals surface area contributed by atoms with Crippen LogP contribution in [0.25, 0.3) is 0 Å². The predicted octanol–water partition coefficient (Wildman–Crippen LogP) is 3.33. The maximum Gasteiger partial charge on any atom is 0.228 e. The Morgan fingerprint density at radius 2 is 1.88 bits per heavy atom. The number of benzene rings is 1. The Kier molecular flexibility index (Phi) is 2.76. The van der Waals surface area contributed by atoms with Crippen molar-refractivity contribution in [3.8, 4) is 0 Å². The third kappa shape index (κ3) is 1.63. The summed E-state index contributed by atoms with van der Waals surface area (Å²) in [5.41, 5.74) is 4.99. The lowest BCUT2D eigenvalue weighted by molar-refractivity contribution is 0.0900. The summed E-state index contributed by atoms with van der Waals surface area (Å²) in [5.74, 6) is 0.367. The lowest BCUT2D eigenvalue weighted by Gasteiger charge is -2.40. The Morgan fingerprint density at radius 1 is 1.17 bits per heavy atom. The molecule has 0 saturated carbocycles. The predicted molar refractivity (Wildman–Crippen MR) is 87.1 cm³/mol. The Balaban J connectivity index is 1.82. The smallest absolute Gasteiger partial charge is 0.228 e. The molecule has 2 aromatic rings. The van der Waals surface area contributed by atoms with Crippen LogP contribution in [-0.4, -0.2) is 16.0 Å². The summed E-state index contributed by atoms with van der Waals surface area (Å²) in [6.07, 6.45) is 4.59. The monoisotopic (exact) mass is 324 g/mol. The Morgan fingerprint density at radius 3 is 2.62 bits per heavy atom. The maximum absolute atomic E-state index is 13.0. The SMILES string of the molecule is C[C@]12CCCc3coc(c31)C(=O)c1cc3c(cc12)C(O)CCC3O. The van der Waals surface area contributed by atoms with Gasteiger partial charge in [-0.05, 0) is 60.4 Å². The molecular weight excluding hydrogens is 304 g/mol. The Labute approximate surface area is 140 Å². The van der Waals surface area contributed by atoms with Crippen LogP contribution in [0.5, 0.6) is 0 Å². The summed E-state index contributed by atoms with van der Waals surface area (Å²) in [4.78, 5) is 13.0. The van der Waals surface area contributed by atoms with Crippen molar-refractivity contribution in [2.24, 2.45) is 0 Å². The first-order chi connectivity index (χ1) is 11.5. The fraction of sp³-hybridized carbons (Fsp3) is 0.450. The molecule has 0 amide bonds. The summed E-state index contributed by atoms with van der Waals surface area (Å²) in [5, 5.41) is 20.7. The van der Waals surface area contributed by atoms with Crippen LogP contribution in [0.3, 0.4) is 0 Å². The molecule has 4 heteroatoms. The highest BCUT2D eigenvalue weighted by molar-refractivity contribution is 6.12. The normalized spacial score (nSPS) is 30.5. The Bertz CT molecular complexity index is 878. The van der Waals surface area contributed by atoms with Gasteiger partial charge in [0.15, 0.2) is 5.76 Å². The molecule has 2 unspecified atom stereocenters. The van der Waals surface area contributed by atoms with Crippen LogP contribution in [-0.2, 0) is 11.8 Å². The minimum Gasteiger partial charge on any atom is -0.460 e. The van der Waals surface area contributed by atoms with Crippen molar-refractivity contribution < 1.29 is 19.4 Å². The molecule has 0 bridgehead atoms. The van der Waals surface area contributed by atoms with E-state index in [4.69, 9.17) is 4.42 Å². The molecule has 0 aliphatic heterocycles. The molecule has 1 heterocycles. The third-order valence-corrected chi connectivity index (χ3v) is 6.24. The molecule has 0 spiro atoms. The van der Waals surface area contributed by atoms with E-state index in [9.17, 15) is 15.0 Å². The summed E-state index contributed by atoms with van der Waals surface area (Å²) < 4.78 is 5.65. The second kappa shape index (κ2) is 4.58. The van der Waals surface area contributed by atoms with Crippen LogP contribution in [0.4, 0.5) is 0 Å². The number of fused-ring (bicyclic) bond motifs is 3. The molecule has 0 radical (unpaired) electrons. The van der Waals surface area contributed by atoms with Crippen molar-refractivity contribution in [3.63, 3.8) is 0 Å². The van der Waals surface area contributed by atoms with Gasteiger partial charge >= 0.3 is 0 Å². The first-order valence-electron chi connectivity index (χ1n) is 8.70. The van der Waals surface area contributed by atoms with Gasteiger partial charge in [-0.1, -0.05) is 13.0 Å². The second-order valence-electron chi connectivity index (χ2n) is 7.62. The highest BCUT2D eigenvalue weighted by Crippen LogP contribution is 2.51. The largest absolute Gasteiger partial charge is 0.460 e. The molecule has 3 aliphatic rings. The van der Waals surface area contributed by atoms with Gasteiger partial charge in [0.05, 0.1) is 18.5 Å². The van der Waals surface area contributed by atoms with Crippen LogP contribution in [0.15, 0.2) is 22.8 Å². The van der Waals surface area contributed by atoms with Crippen molar-refractivity contribution in [1.82, 2.24) is 0 Å². The fourth-order valence-corrected chi connectivity index (χ4v) is 4.98. The highest BCUT2D eigenvalue weighted by Gasteiger charge is 2.46. The zero-order valence-electron chi connectivity index (χ0n) is 13.6. The molecule has 0 fully saturated rings. The molecule has 3 atom stereocenters. The minimum absolute atomic E-state index is 0.0966. The number of furan rings is 1. The molecule has 3 aliphatic carbocycles. The second-order valence-corrected chi connectivity index (χ2v) is 7.62. The quantitative estimate of drug-likeness (QED) is 0.780. The molecule has 124 valence electrons. The molecule has 0 saturated heterocycles. The number of rotatable bonds is 0. The molecule has 5 rings (SSSR count). The summed E-state index contributed by atoms with van der Waals surface area (Å²) in [7, 11) is 0. The van der Waals surface area contributed by atoms with Crippen molar-refractivity contribution in [3.05, 3.63) is 57.5 Å². The number of aliphatic hydroxyl groups excluding tert-OH is 2. The van der Waals surface area contributed by atoms with E-state index >= 15 is 0 Å². The van der Waals surface area contributed by atoms with E-state index < -0.39 is 12.2 Å². The van der Waals surface area contributed by atoms with Crippen molar-refractivity contribution in [2.45, 2.75) is 56.7 Å². The average Bonchev–Trinajstić information content (AvgIpc) is 3.02. The van der Waals surface area contributed by atoms with Crippen LogP contribution in [0.1, 0.15) is 88.8 Å². The lowest BCUT2D eigenvalue weighted by atomic mass is 9.62. The lowest BCUT2D eigenvalue weighted by Crippen LogP contribution is -2.36. The van der Waals surface area contributed by atoms with Gasteiger partial charge in [0.1, 0.15) is 0 Å². The van der Waals surface area contributed by atoms with Gasteiger partial charge in [0.2, 0.25) is 5.78 Å². The standard InChI is InChI=1S/C20H20O4/c1-20-6-2-3-10-9-24-19(17(10)20)18(23)13-7-11-12(8-14(13)20)16(22)5-4-15(11)21/h7-9,15-16,21-22H,2-6H2,1H3/t15?,16?,20-/m1/s1. The number of carbonyl (C=O) groups is 1. The van der Waals surface area contributed by atoms with Crippen LogP contribution in [0.2, 0.25) is 0 Å². The van der Waals surface area contributed by atoms with E-state index in [1.165, 1.54) is 0 Å². The van der Waals surface area contributed by atoms with E-state index in [-0.39, 0.29) is 11.2 Å². The first-order valence-corrected chi connectivity index (χ1v) is 8.70. The van der Waals surface area contributed by atoms with E-state index in [0.29, 0.717) is 29.7 Å². The van der Waals surface area contributed by atoms with Gasteiger partial charge in [-0.25, -0.2) is 0 Å². The summed E-state index contributed by atoms with van der Waals surface area (Å²) >= 11 is 0. The third-order valence-electron chi connectivity index (χ3n) is 6.24. The molecule has 2 N–H and O–H groups in total. The first kappa shape index (κ1) is 14.4. The van der Waals surface area contributed by atoms with Crippen molar-refractivity contribution >= 4 is 5.78 Å². The molecule has 4 nitrogen and oxygen atoms in total. The number of hydrogen-bond acceptors (Lipinski definition) is 4. The fourth-order valence-electron chi connectivity index (χ4n) is 4.98. The molecule has 1 aromatic heterocycles. The number of carbonyl (C=O) groups excluding carboxylic acids is 1. The van der Waals surface area contributed by atoms with Gasteiger partial charge in [0, 0.05) is 16.5 Å². The van der Waals surface area contributed by atoms with Gasteiger partial charge < -0.3 is 14.6 Å². The zero-order chi connectivity index (χ0) is 16.6. The van der Waals surface area contributed by atoms with Crippen LogP contribution in [0, 0.1) is 0 Å². The van der Waals surface area contributed by atoms with Crippen molar-refractivity contribution in [2.75, 3.05) is 0 Å². The molecule has 1 aromatic carbocycles. The topological polar surface area (TPSA) is 70.7 Å². The molecular formula is C20H20O4. The van der Waals surface area contributed by atoms with E-state index in [1.807, 2.05) is 6.07 Å². The number of aliphatic hydroxyl groups is 2. The summed E-state index contributed by atoms with van der Waals surface area (Å²) in [6, 6.07) is 3.77. The van der Waals surface area contributed by atoms with Gasteiger partial charge in [-0.2, -0.15) is 0 Å². The van der Waals surface area contributed by atoms with Gasteiger partial charge in [0.25, 0.3) is 0 Å². The highest BCUT2D eigenvalue weighted by atomic mass is 16.3. The van der Waals surface area contributed by atoms with E-state index in [0.717, 1.165) is 41.5 Å². The van der Waals surface area contributed by atoms with Crippen molar-refractivity contribution in [1.29, 1.82) is 0 Å². The number of hydrogen-bond donors (Lipinski definition) is 2. The Hall–Kier alpha value is -1.91. The number of ketones is 1. The van der Waals surface area contributed by atoms with Crippen LogP contribution >= 0.6 is 0 Å². The average molecular weight is 324 g/mol. The summed E-state index contributed by atoms with van der Waals surface area (Å²) in [6.45, 7) is 2.17. The van der Waals surface area contributed by atoms with Gasteiger partial charge in [-0.15, -0.1) is 0 Å². The maximum atomic E-state index is 13.0. The molecule has 24 heavy (non-hydrogen) atoms. The van der Waals surface area contributed by atoms with E-state index in [2.05, 4.69) is 6.92 Å². The van der Waals surface area contributed by atoms with Crippen LogP contribution < -0.4 is 0 Å². The minimum atomic E-state index is -0.616. The number of aryl methyl sites for hydroxylation is 1. The van der Waals surface area contributed by atoms with E-state index in [1.54, 1.807) is 12.3 Å². The zero-order valence-corrected chi connectivity index (χ0v) is 13.6.